The van der Waals surface area contributed by atoms with Crippen LogP contribution < -0.4 is 10.7 Å². The minimum atomic E-state index is -4.49. The first-order valence-electron chi connectivity index (χ1n) is 8.09. The molecule has 1 aliphatic heterocycles. The molecule has 1 aromatic heterocycles. The van der Waals surface area contributed by atoms with Crippen molar-refractivity contribution < 1.29 is 18.0 Å². The molecule has 0 spiro atoms. The highest BCUT2D eigenvalue weighted by molar-refractivity contribution is 5.97. The second-order valence-corrected chi connectivity index (χ2v) is 6.09. The van der Waals surface area contributed by atoms with E-state index in [1.807, 2.05) is 0 Å². The van der Waals surface area contributed by atoms with E-state index in [0.717, 1.165) is 50.3 Å². The summed E-state index contributed by atoms with van der Waals surface area (Å²) in [5.74, 6) is -0.526. The number of nitrogens with one attached hydrogen (secondary N) is 2. The molecule has 2 N–H and O–H groups in total. The normalized spacial score (nSPS) is 15.6. The molecule has 25 heavy (non-hydrogen) atoms. The third kappa shape index (κ3) is 3.84. The van der Waals surface area contributed by atoms with Gasteiger partial charge in [0, 0.05) is 30.2 Å². The molecule has 1 amide bonds. The Morgan fingerprint density at radius 1 is 1.24 bits per heavy atom. The molecule has 2 aromatic rings. The number of aromatic amines is 1. The fourth-order valence-corrected chi connectivity index (χ4v) is 3.00. The lowest BCUT2D eigenvalue weighted by molar-refractivity contribution is -0.137. The third-order valence-electron chi connectivity index (χ3n) is 4.37. The fourth-order valence-electron chi connectivity index (χ4n) is 3.00. The molecular weight excluding hydrogens is 335 g/mol. The van der Waals surface area contributed by atoms with E-state index in [0.29, 0.717) is 13.1 Å². The topological polar surface area (TPSA) is 65.2 Å². The van der Waals surface area contributed by atoms with E-state index in [2.05, 4.69) is 15.2 Å². The number of alkyl halides is 3. The van der Waals surface area contributed by atoms with Crippen LogP contribution in [0.15, 0.2) is 29.2 Å². The van der Waals surface area contributed by atoms with Crippen molar-refractivity contribution in [2.45, 2.75) is 19.0 Å². The molecule has 1 fully saturated rings. The Labute approximate surface area is 141 Å². The van der Waals surface area contributed by atoms with Crippen LogP contribution in [0, 0.1) is 0 Å². The van der Waals surface area contributed by atoms with Crippen molar-refractivity contribution in [3.8, 4) is 0 Å². The van der Waals surface area contributed by atoms with E-state index in [1.54, 1.807) is 0 Å². The lowest BCUT2D eigenvalue weighted by Gasteiger charge is -2.14. The molecule has 1 aliphatic rings. The first kappa shape index (κ1) is 17.5. The smallest absolute Gasteiger partial charge is 0.360 e. The van der Waals surface area contributed by atoms with Gasteiger partial charge in [-0.15, -0.1) is 0 Å². The summed E-state index contributed by atoms with van der Waals surface area (Å²) >= 11 is 0. The molecule has 1 aromatic carbocycles. The Morgan fingerprint density at radius 3 is 2.64 bits per heavy atom. The number of pyridine rings is 1. The molecular formula is C17H18F3N3O2. The summed E-state index contributed by atoms with van der Waals surface area (Å²) in [6.07, 6.45) is -1.02. The van der Waals surface area contributed by atoms with Crippen LogP contribution in [0.3, 0.4) is 0 Å². The number of carbonyl (C=O) groups is 1. The number of fused-ring (bicyclic) bond motifs is 1. The maximum Gasteiger partial charge on any atom is 0.416 e. The minimum absolute atomic E-state index is 0.0495. The first-order valence-corrected chi connectivity index (χ1v) is 8.09. The fraction of sp³-hybridized carbons (Fsp3) is 0.412. The number of hydrogen-bond acceptors (Lipinski definition) is 3. The van der Waals surface area contributed by atoms with Gasteiger partial charge >= 0.3 is 6.18 Å². The lowest BCUT2D eigenvalue weighted by atomic mass is 10.1. The Hall–Kier alpha value is -2.35. The molecule has 1 saturated heterocycles. The van der Waals surface area contributed by atoms with Crippen molar-refractivity contribution in [1.82, 2.24) is 15.2 Å². The summed E-state index contributed by atoms with van der Waals surface area (Å²) in [6, 6.07) is 2.80. The van der Waals surface area contributed by atoms with E-state index in [1.165, 1.54) is 0 Å². The number of carbonyl (C=O) groups excluding carboxylic acids is 1. The van der Waals surface area contributed by atoms with Gasteiger partial charge in [-0.05, 0) is 44.1 Å². The average molecular weight is 353 g/mol. The summed E-state index contributed by atoms with van der Waals surface area (Å²) in [4.78, 5) is 29.4. The van der Waals surface area contributed by atoms with Gasteiger partial charge in [0.1, 0.15) is 5.56 Å². The second-order valence-electron chi connectivity index (χ2n) is 6.09. The number of amides is 1. The Balaban J connectivity index is 1.76. The van der Waals surface area contributed by atoms with Gasteiger partial charge in [-0.1, -0.05) is 0 Å². The molecule has 3 rings (SSSR count). The van der Waals surface area contributed by atoms with Gasteiger partial charge in [0.15, 0.2) is 0 Å². The van der Waals surface area contributed by atoms with Crippen molar-refractivity contribution >= 4 is 16.8 Å². The molecule has 0 bridgehead atoms. The van der Waals surface area contributed by atoms with Crippen molar-refractivity contribution in [3.63, 3.8) is 0 Å². The maximum atomic E-state index is 12.7. The van der Waals surface area contributed by atoms with Crippen LogP contribution in [-0.4, -0.2) is 42.0 Å². The summed E-state index contributed by atoms with van der Waals surface area (Å²) in [5, 5.41) is 2.74. The second kappa shape index (κ2) is 6.87. The van der Waals surface area contributed by atoms with E-state index >= 15 is 0 Å². The van der Waals surface area contributed by atoms with Crippen LogP contribution in [0.1, 0.15) is 28.8 Å². The summed E-state index contributed by atoms with van der Waals surface area (Å²) in [7, 11) is 0. The average Bonchev–Trinajstić information content (AvgIpc) is 3.07. The molecule has 0 atom stereocenters. The maximum absolute atomic E-state index is 12.7. The van der Waals surface area contributed by atoms with Crippen molar-refractivity contribution in [3.05, 3.63) is 45.7 Å². The monoisotopic (exact) mass is 353 g/mol. The van der Waals surface area contributed by atoms with Gasteiger partial charge in [-0.2, -0.15) is 13.2 Å². The number of nitrogens with zero attached hydrogens (tertiary/aromatic N) is 1. The number of aromatic nitrogens is 1. The van der Waals surface area contributed by atoms with Crippen LogP contribution in [0.5, 0.6) is 0 Å². The van der Waals surface area contributed by atoms with E-state index < -0.39 is 23.1 Å². The zero-order valence-corrected chi connectivity index (χ0v) is 13.4. The number of H-pyrrole nitrogens is 1. The predicted molar refractivity (Wildman–Crippen MR) is 87.6 cm³/mol. The van der Waals surface area contributed by atoms with Crippen LogP contribution in [-0.2, 0) is 6.18 Å². The van der Waals surface area contributed by atoms with Gasteiger partial charge in [0.25, 0.3) is 5.91 Å². The van der Waals surface area contributed by atoms with Gasteiger partial charge < -0.3 is 15.2 Å². The summed E-state index contributed by atoms with van der Waals surface area (Å²) in [6.45, 7) is 3.15. The van der Waals surface area contributed by atoms with Gasteiger partial charge in [0.05, 0.1) is 5.56 Å². The van der Waals surface area contributed by atoms with Crippen molar-refractivity contribution in [2.24, 2.45) is 0 Å². The number of hydrogen-bond donors (Lipinski definition) is 2. The zero-order valence-electron chi connectivity index (χ0n) is 13.4. The number of halogens is 3. The van der Waals surface area contributed by atoms with Crippen LogP contribution in [0.4, 0.5) is 13.2 Å². The molecule has 0 saturated carbocycles. The number of benzene rings is 1. The zero-order chi connectivity index (χ0) is 18.0. The summed E-state index contributed by atoms with van der Waals surface area (Å²) in [5.41, 5.74) is -1.48. The quantitative estimate of drug-likeness (QED) is 0.887. The highest BCUT2D eigenvalue weighted by Gasteiger charge is 2.30. The molecule has 0 radical (unpaired) electrons. The minimum Gasteiger partial charge on any atom is -0.360 e. The van der Waals surface area contributed by atoms with E-state index in [4.69, 9.17) is 0 Å². The molecule has 2 heterocycles. The highest BCUT2D eigenvalue weighted by atomic mass is 19.4. The van der Waals surface area contributed by atoms with Crippen molar-refractivity contribution in [2.75, 3.05) is 26.2 Å². The molecule has 8 heteroatoms. The van der Waals surface area contributed by atoms with E-state index in [9.17, 15) is 22.8 Å². The van der Waals surface area contributed by atoms with Crippen LogP contribution in [0.25, 0.3) is 10.9 Å². The standard InChI is InChI=1S/C17H18F3N3O2/c18-17(19,20)11-3-4-12-14(9-11)22-10-13(15(12)24)16(25)21-5-8-23-6-1-2-7-23/h3-4,9-10H,1-2,5-8H2,(H,21,25)(H,22,24). The number of likely N-dealkylation sites (tertiary alicyclic amines) is 1. The molecule has 5 nitrogen and oxygen atoms in total. The molecule has 0 unspecified atom stereocenters. The SMILES string of the molecule is O=C(NCCN1CCCC1)c1c[nH]c2cc(C(F)(F)F)ccc2c1=O. The Kier molecular flexibility index (Phi) is 4.80. The largest absolute Gasteiger partial charge is 0.416 e. The van der Waals surface area contributed by atoms with Crippen molar-refractivity contribution in [1.29, 1.82) is 0 Å². The van der Waals surface area contributed by atoms with Gasteiger partial charge in [-0.25, -0.2) is 0 Å². The van der Waals surface area contributed by atoms with E-state index in [-0.39, 0.29) is 16.5 Å². The number of rotatable bonds is 4. The summed E-state index contributed by atoms with van der Waals surface area (Å²) < 4.78 is 38.2. The third-order valence-corrected chi connectivity index (χ3v) is 4.37. The van der Waals surface area contributed by atoms with Crippen LogP contribution >= 0.6 is 0 Å². The highest BCUT2D eigenvalue weighted by Crippen LogP contribution is 2.30. The first-order chi connectivity index (χ1) is 11.9. The Morgan fingerprint density at radius 2 is 1.96 bits per heavy atom. The Bertz CT molecular complexity index is 839. The lowest BCUT2D eigenvalue weighted by Crippen LogP contribution is -2.35. The van der Waals surface area contributed by atoms with Gasteiger partial charge in [0.2, 0.25) is 5.43 Å². The van der Waals surface area contributed by atoms with Gasteiger partial charge in [-0.3, -0.25) is 9.59 Å². The van der Waals surface area contributed by atoms with Crippen LogP contribution in [0.2, 0.25) is 0 Å². The predicted octanol–water partition coefficient (Wildman–Crippen LogP) is 2.37. The molecule has 0 aliphatic carbocycles. The molecule has 134 valence electrons.